The van der Waals surface area contributed by atoms with Gasteiger partial charge in [0.2, 0.25) is 0 Å². The van der Waals surface area contributed by atoms with E-state index < -0.39 is 4.92 Å². The number of ether oxygens (including phenoxy) is 1. The van der Waals surface area contributed by atoms with Gasteiger partial charge in [0.05, 0.1) is 11.5 Å². The van der Waals surface area contributed by atoms with Crippen molar-refractivity contribution in [3.05, 3.63) is 33.9 Å². The lowest BCUT2D eigenvalue weighted by molar-refractivity contribution is -0.385. The van der Waals surface area contributed by atoms with Crippen molar-refractivity contribution in [3.8, 4) is 5.75 Å². The molecule has 0 saturated heterocycles. The van der Waals surface area contributed by atoms with Gasteiger partial charge in [-0.15, -0.1) is 0 Å². The molecule has 0 aliphatic rings. The van der Waals surface area contributed by atoms with Crippen LogP contribution in [0.2, 0.25) is 0 Å². The van der Waals surface area contributed by atoms with Crippen LogP contribution < -0.4 is 4.74 Å². The fraction of sp³-hybridized carbons (Fsp3) is 0.462. The Kier molecular flexibility index (Phi) is 4.83. The largest absolute Gasteiger partial charge is 0.487 e. The number of nitrogens with zero attached hydrogens (tertiary/aromatic N) is 1. The van der Waals surface area contributed by atoms with E-state index in [0.717, 1.165) is 6.42 Å². The van der Waals surface area contributed by atoms with Gasteiger partial charge in [-0.05, 0) is 31.4 Å². The maximum Gasteiger partial charge on any atom is 0.311 e. The number of benzene rings is 1. The second-order valence-electron chi connectivity index (χ2n) is 4.53. The Balaban J connectivity index is 2.90. The minimum Gasteiger partial charge on any atom is -0.487 e. The van der Waals surface area contributed by atoms with E-state index in [-0.39, 0.29) is 17.2 Å². The molecule has 0 aliphatic heterocycles. The van der Waals surface area contributed by atoms with E-state index >= 15 is 0 Å². The molecule has 1 aromatic rings. The zero-order valence-corrected chi connectivity index (χ0v) is 10.8. The lowest BCUT2D eigenvalue weighted by Gasteiger charge is -2.08. The van der Waals surface area contributed by atoms with Gasteiger partial charge < -0.3 is 4.74 Å². The van der Waals surface area contributed by atoms with Crippen molar-refractivity contribution in [1.29, 1.82) is 0 Å². The number of carbonyl (C=O) groups excluding carboxylic acids is 1. The molecule has 0 fully saturated rings. The Morgan fingerprint density at radius 3 is 2.61 bits per heavy atom. The summed E-state index contributed by atoms with van der Waals surface area (Å²) in [5, 5.41) is 10.9. The SMILES string of the molecule is CC(=O)c1ccc(OCCC(C)C)c([N+](=O)[O-])c1. The van der Waals surface area contributed by atoms with Crippen LogP contribution >= 0.6 is 0 Å². The second kappa shape index (κ2) is 6.14. The van der Waals surface area contributed by atoms with Gasteiger partial charge in [0, 0.05) is 11.6 Å². The molecule has 1 aromatic carbocycles. The fourth-order valence-electron chi connectivity index (χ4n) is 1.41. The van der Waals surface area contributed by atoms with Crippen LogP contribution in [-0.4, -0.2) is 17.3 Å². The topological polar surface area (TPSA) is 69.4 Å². The van der Waals surface area contributed by atoms with Crippen molar-refractivity contribution >= 4 is 11.5 Å². The number of hydrogen-bond acceptors (Lipinski definition) is 4. The van der Waals surface area contributed by atoms with Crippen LogP contribution in [0.3, 0.4) is 0 Å². The van der Waals surface area contributed by atoms with Gasteiger partial charge in [0.25, 0.3) is 0 Å². The lowest BCUT2D eigenvalue weighted by Crippen LogP contribution is -2.04. The number of rotatable bonds is 6. The van der Waals surface area contributed by atoms with Crippen molar-refractivity contribution in [3.63, 3.8) is 0 Å². The third-order valence-corrected chi connectivity index (χ3v) is 2.51. The van der Waals surface area contributed by atoms with E-state index in [4.69, 9.17) is 4.74 Å². The van der Waals surface area contributed by atoms with E-state index in [9.17, 15) is 14.9 Å². The summed E-state index contributed by atoms with van der Waals surface area (Å²) in [6.45, 7) is 5.91. The Bertz CT molecular complexity index is 454. The second-order valence-corrected chi connectivity index (χ2v) is 4.53. The summed E-state index contributed by atoms with van der Waals surface area (Å²) in [5.74, 6) is 0.484. The molecule has 0 amide bonds. The third-order valence-electron chi connectivity index (χ3n) is 2.51. The number of nitro benzene ring substituents is 1. The Hall–Kier alpha value is -1.91. The standard InChI is InChI=1S/C13H17NO4/c1-9(2)6-7-18-13-5-4-11(10(3)15)8-12(13)14(16)17/h4-5,8-9H,6-7H2,1-3H3. The lowest BCUT2D eigenvalue weighted by atomic mass is 10.1. The quantitative estimate of drug-likeness (QED) is 0.442. The highest BCUT2D eigenvalue weighted by atomic mass is 16.6. The van der Waals surface area contributed by atoms with E-state index in [0.29, 0.717) is 18.1 Å². The molecule has 0 aromatic heterocycles. The van der Waals surface area contributed by atoms with Gasteiger partial charge in [0.1, 0.15) is 0 Å². The number of Topliss-reactive ketones (excluding diaryl/α,β-unsaturated/α-hetero) is 1. The van der Waals surface area contributed by atoms with Crippen molar-refractivity contribution in [2.45, 2.75) is 27.2 Å². The minimum atomic E-state index is -0.531. The van der Waals surface area contributed by atoms with Crippen LogP contribution in [-0.2, 0) is 0 Å². The minimum absolute atomic E-state index is 0.161. The Morgan fingerprint density at radius 1 is 1.44 bits per heavy atom. The number of carbonyl (C=O) groups is 1. The first kappa shape index (κ1) is 14.2. The van der Waals surface area contributed by atoms with E-state index in [1.165, 1.54) is 19.1 Å². The van der Waals surface area contributed by atoms with Gasteiger partial charge >= 0.3 is 5.69 Å². The average molecular weight is 251 g/mol. The summed E-state index contributed by atoms with van der Waals surface area (Å²) in [7, 11) is 0. The van der Waals surface area contributed by atoms with E-state index in [1.54, 1.807) is 6.07 Å². The highest BCUT2D eigenvalue weighted by Crippen LogP contribution is 2.28. The highest BCUT2D eigenvalue weighted by molar-refractivity contribution is 5.95. The molecule has 0 bridgehead atoms. The molecule has 0 radical (unpaired) electrons. The molecule has 5 nitrogen and oxygen atoms in total. The Labute approximate surface area is 106 Å². The molecule has 0 spiro atoms. The average Bonchev–Trinajstić information content (AvgIpc) is 2.28. The first-order chi connectivity index (χ1) is 8.41. The molecule has 0 saturated carbocycles. The first-order valence-electron chi connectivity index (χ1n) is 5.84. The van der Waals surface area contributed by atoms with Crippen molar-refractivity contribution < 1.29 is 14.5 Å². The summed E-state index contributed by atoms with van der Waals surface area (Å²) in [6, 6.07) is 4.28. The molecule has 5 heteroatoms. The molecule has 18 heavy (non-hydrogen) atoms. The molecular weight excluding hydrogens is 234 g/mol. The normalized spacial score (nSPS) is 10.4. The van der Waals surface area contributed by atoms with Crippen LogP contribution in [0.4, 0.5) is 5.69 Å². The zero-order valence-electron chi connectivity index (χ0n) is 10.8. The molecule has 98 valence electrons. The van der Waals surface area contributed by atoms with E-state index in [1.807, 2.05) is 0 Å². The maximum absolute atomic E-state index is 11.2. The van der Waals surface area contributed by atoms with Gasteiger partial charge in [-0.1, -0.05) is 13.8 Å². The zero-order chi connectivity index (χ0) is 13.7. The third kappa shape index (κ3) is 3.84. The van der Waals surface area contributed by atoms with Gasteiger partial charge in [-0.25, -0.2) is 0 Å². The van der Waals surface area contributed by atoms with Gasteiger partial charge in [0.15, 0.2) is 11.5 Å². The predicted octanol–water partition coefficient (Wildman–Crippen LogP) is 3.22. The summed E-state index contributed by atoms with van der Waals surface area (Å²) in [4.78, 5) is 21.5. The number of hydrogen-bond donors (Lipinski definition) is 0. The summed E-state index contributed by atoms with van der Waals surface area (Å²) in [6.07, 6.45) is 0.825. The van der Waals surface area contributed by atoms with Gasteiger partial charge in [-0.2, -0.15) is 0 Å². The number of nitro groups is 1. The smallest absolute Gasteiger partial charge is 0.311 e. The van der Waals surface area contributed by atoms with Crippen molar-refractivity contribution in [2.75, 3.05) is 6.61 Å². The predicted molar refractivity (Wildman–Crippen MR) is 68.1 cm³/mol. The molecule has 0 N–H and O–H groups in total. The highest BCUT2D eigenvalue weighted by Gasteiger charge is 2.17. The van der Waals surface area contributed by atoms with Crippen LogP contribution in [0.5, 0.6) is 5.75 Å². The van der Waals surface area contributed by atoms with Crippen molar-refractivity contribution in [1.82, 2.24) is 0 Å². The van der Waals surface area contributed by atoms with Crippen LogP contribution in [0.15, 0.2) is 18.2 Å². The monoisotopic (exact) mass is 251 g/mol. The summed E-state index contributed by atoms with van der Waals surface area (Å²) in [5.41, 5.74) is 0.157. The molecule has 1 rings (SSSR count). The maximum atomic E-state index is 11.2. The number of ketones is 1. The van der Waals surface area contributed by atoms with Crippen molar-refractivity contribution in [2.24, 2.45) is 5.92 Å². The molecule has 0 atom stereocenters. The summed E-state index contributed by atoms with van der Waals surface area (Å²) < 4.78 is 5.39. The van der Waals surface area contributed by atoms with Crippen LogP contribution in [0.25, 0.3) is 0 Å². The first-order valence-corrected chi connectivity index (χ1v) is 5.84. The molecule has 0 heterocycles. The fourth-order valence-corrected chi connectivity index (χ4v) is 1.41. The molecular formula is C13H17NO4. The van der Waals surface area contributed by atoms with Gasteiger partial charge in [-0.3, -0.25) is 14.9 Å². The van der Waals surface area contributed by atoms with E-state index in [2.05, 4.69) is 13.8 Å². The Morgan fingerprint density at radius 2 is 2.11 bits per heavy atom. The molecule has 0 aliphatic carbocycles. The van der Waals surface area contributed by atoms with Crippen LogP contribution in [0.1, 0.15) is 37.6 Å². The van der Waals surface area contributed by atoms with Crippen LogP contribution in [0, 0.1) is 16.0 Å². The molecule has 0 unspecified atom stereocenters. The summed E-state index contributed by atoms with van der Waals surface area (Å²) >= 11 is 0.